The Morgan fingerprint density at radius 2 is 2.33 bits per heavy atom. The summed E-state index contributed by atoms with van der Waals surface area (Å²) in [4.78, 5) is 12.0. The molecule has 94 valence electrons. The van der Waals surface area contributed by atoms with E-state index in [4.69, 9.17) is 5.73 Å². The van der Waals surface area contributed by atoms with Gasteiger partial charge in [0.2, 0.25) is 0 Å². The first-order valence-electron chi connectivity index (χ1n) is 5.49. The lowest BCUT2D eigenvalue weighted by Crippen LogP contribution is -2.11. The summed E-state index contributed by atoms with van der Waals surface area (Å²) in [5.41, 5.74) is 7.49. The van der Waals surface area contributed by atoms with Crippen molar-refractivity contribution in [1.29, 1.82) is 0 Å². The molecule has 1 aromatic carbocycles. The van der Waals surface area contributed by atoms with Gasteiger partial charge in [-0.2, -0.15) is 5.10 Å². The fraction of sp³-hybridized carbons (Fsp3) is 0.167. The quantitative estimate of drug-likeness (QED) is 0.856. The first kappa shape index (κ1) is 12.6. The molecule has 0 bridgehead atoms. The summed E-state index contributed by atoms with van der Waals surface area (Å²) in [6.45, 7) is 2.75. The number of hydrogen-bond acceptors (Lipinski definition) is 3. The number of aromatic nitrogens is 2. The molecule has 1 amide bonds. The standard InChI is InChI=1S/C12H13BrN4O/c1-2-17-7-9(6-15-17)16-12(18)8-3-4-11(14)10(13)5-8/h3-7H,2,14H2,1H3,(H,16,18). The van der Waals surface area contributed by atoms with E-state index >= 15 is 0 Å². The summed E-state index contributed by atoms with van der Waals surface area (Å²) in [7, 11) is 0. The van der Waals surface area contributed by atoms with Gasteiger partial charge >= 0.3 is 0 Å². The second kappa shape index (κ2) is 5.22. The molecule has 0 fully saturated rings. The third-order valence-electron chi connectivity index (χ3n) is 2.48. The lowest BCUT2D eigenvalue weighted by molar-refractivity contribution is 0.102. The molecule has 3 N–H and O–H groups in total. The molecule has 0 saturated carbocycles. The van der Waals surface area contributed by atoms with Gasteiger partial charge in [-0.1, -0.05) is 0 Å². The van der Waals surface area contributed by atoms with E-state index in [-0.39, 0.29) is 5.91 Å². The molecule has 2 aromatic rings. The van der Waals surface area contributed by atoms with Crippen molar-refractivity contribution in [3.8, 4) is 0 Å². The van der Waals surface area contributed by atoms with Crippen LogP contribution in [0.2, 0.25) is 0 Å². The molecular formula is C12H13BrN4O. The van der Waals surface area contributed by atoms with Gasteiger partial charge in [0.25, 0.3) is 5.91 Å². The third kappa shape index (κ3) is 2.70. The maximum Gasteiger partial charge on any atom is 0.255 e. The second-order valence-electron chi connectivity index (χ2n) is 3.78. The molecular weight excluding hydrogens is 296 g/mol. The van der Waals surface area contributed by atoms with Crippen LogP contribution in [0.3, 0.4) is 0 Å². The number of rotatable bonds is 3. The van der Waals surface area contributed by atoms with Crippen molar-refractivity contribution in [2.45, 2.75) is 13.5 Å². The van der Waals surface area contributed by atoms with Crippen molar-refractivity contribution in [2.24, 2.45) is 0 Å². The summed E-state index contributed by atoms with van der Waals surface area (Å²) < 4.78 is 2.45. The van der Waals surface area contributed by atoms with Crippen LogP contribution < -0.4 is 11.1 Å². The Bertz CT molecular complexity index is 579. The van der Waals surface area contributed by atoms with Crippen LogP contribution in [0.5, 0.6) is 0 Å². The fourth-order valence-corrected chi connectivity index (χ4v) is 1.85. The Labute approximate surface area is 113 Å². The van der Waals surface area contributed by atoms with Crippen molar-refractivity contribution in [1.82, 2.24) is 9.78 Å². The monoisotopic (exact) mass is 308 g/mol. The van der Waals surface area contributed by atoms with E-state index in [1.54, 1.807) is 35.3 Å². The number of nitrogens with two attached hydrogens (primary N) is 1. The third-order valence-corrected chi connectivity index (χ3v) is 3.16. The van der Waals surface area contributed by atoms with Crippen LogP contribution in [0, 0.1) is 0 Å². The highest BCUT2D eigenvalue weighted by Crippen LogP contribution is 2.21. The van der Waals surface area contributed by atoms with Gasteiger partial charge in [0.05, 0.1) is 11.9 Å². The number of halogens is 1. The van der Waals surface area contributed by atoms with Crippen molar-refractivity contribution in [3.63, 3.8) is 0 Å². The number of carbonyl (C=O) groups excluding carboxylic acids is 1. The second-order valence-corrected chi connectivity index (χ2v) is 4.63. The number of nitrogen functional groups attached to an aromatic ring is 1. The maximum absolute atomic E-state index is 12.0. The average Bonchev–Trinajstić information content (AvgIpc) is 2.80. The van der Waals surface area contributed by atoms with Crippen molar-refractivity contribution in [2.75, 3.05) is 11.1 Å². The zero-order chi connectivity index (χ0) is 13.1. The molecule has 18 heavy (non-hydrogen) atoms. The molecule has 0 aliphatic carbocycles. The zero-order valence-corrected chi connectivity index (χ0v) is 11.4. The van der Waals surface area contributed by atoms with Gasteiger partial charge in [0.1, 0.15) is 0 Å². The Kier molecular flexibility index (Phi) is 3.66. The van der Waals surface area contributed by atoms with E-state index in [2.05, 4.69) is 26.3 Å². The Morgan fingerprint density at radius 1 is 1.56 bits per heavy atom. The number of carbonyl (C=O) groups is 1. The van der Waals surface area contributed by atoms with Gasteiger partial charge in [-0.3, -0.25) is 9.48 Å². The molecule has 2 rings (SSSR count). The van der Waals surface area contributed by atoms with Gasteiger partial charge in [-0.05, 0) is 41.1 Å². The number of aryl methyl sites for hydroxylation is 1. The smallest absolute Gasteiger partial charge is 0.255 e. The summed E-state index contributed by atoms with van der Waals surface area (Å²) in [6.07, 6.45) is 3.40. The van der Waals surface area contributed by atoms with Crippen LogP contribution in [0.1, 0.15) is 17.3 Å². The van der Waals surface area contributed by atoms with Crippen LogP contribution >= 0.6 is 15.9 Å². The SMILES string of the molecule is CCn1cc(NC(=O)c2ccc(N)c(Br)c2)cn1. The van der Waals surface area contributed by atoms with Crippen molar-refractivity contribution >= 4 is 33.2 Å². The first-order chi connectivity index (χ1) is 8.60. The van der Waals surface area contributed by atoms with Gasteiger partial charge in [0.15, 0.2) is 0 Å². The molecule has 1 heterocycles. The molecule has 0 aliphatic heterocycles. The molecule has 5 nitrogen and oxygen atoms in total. The lowest BCUT2D eigenvalue weighted by Gasteiger charge is -2.04. The highest BCUT2D eigenvalue weighted by molar-refractivity contribution is 9.10. The Morgan fingerprint density at radius 3 is 2.94 bits per heavy atom. The minimum absolute atomic E-state index is 0.189. The molecule has 0 spiro atoms. The topological polar surface area (TPSA) is 72.9 Å². The van der Waals surface area contributed by atoms with Gasteiger partial charge < -0.3 is 11.1 Å². The summed E-state index contributed by atoms with van der Waals surface area (Å²) in [6, 6.07) is 5.06. The number of hydrogen-bond donors (Lipinski definition) is 2. The Balaban J connectivity index is 2.14. The highest BCUT2D eigenvalue weighted by Gasteiger charge is 2.08. The van der Waals surface area contributed by atoms with E-state index in [9.17, 15) is 4.79 Å². The number of amides is 1. The molecule has 6 heteroatoms. The van der Waals surface area contributed by atoms with Crippen LogP contribution in [-0.2, 0) is 6.54 Å². The zero-order valence-electron chi connectivity index (χ0n) is 9.85. The van der Waals surface area contributed by atoms with Crippen LogP contribution in [-0.4, -0.2) is 15.7 Å². The number of nitrogens with zero attached hydrogens (tertiary/aromatic N) is 2. The molecule has 0 saturated heterocycles. The highest BCUT2D eigenvalue weighted by atomic mass is 79.9. The van der Waals surface area contributed by atoms with E-state index < -0.39 is 0 Å². The lowest BCUT2D eigenvalue weighted by atomic mass is 10.2. The minimum Gasteiger partial charge on any atom is -0.398 e. The van der Waals surface area contributed by atoms with Gasteiger partial charge in [-0.15, -0.1) is 0 Å². The van der Waals surface area contributed by atoms with E-state index in [1.807, 2.05) is 6.92 Å². The molecule has 1 aromatic heterocycles. The van der Waals surface area contributed by atoms with Crippen molar-refractivity contribution < 1.29 is 4.79 Å². The van der Waals surface area contributed by atoms with Crippen LogP contribution in [0.15, 0.2) is 35.1 Å². The molecule has 0 radical (unpaired) electrons. The number of nitrogens with one attached hydrogen (secondary N) is 1. The fourth-order valence-electron chi connectivity index (χ4n) is 1.47. The minimum atomic E-state index is -0.189. The predicted molar refractivity (Wildman–Crippen MR) is 74.4 cm³/mol. The molecule has 0 atom stereocenters. The number of benzene rings is 1. The largest absolute Gasteiger partial charge is 0.398 e. The average molecular weight is 309 g/mol. The van der Waals surface area contributed by atoms with E-state index in [0.717, 1.165) is 6.54 Å². The summed E-state index contributed by atoms with van der Waals surface area (Å²) in [5.74, 6) is -0.189. The van der Waals surface area contributed by atoms with Crippen LogP contribution in [0.25, 0.3) is 0 Å². The normalized spacial score (nSPS) is 10.3. The van der Waals surface area contributed by atoms with Crippen molar-refractivity contribution in [3.05, 3.63) is 40.6 Å². The van der Waals surface area contributed by atoms with Gasteiger partial charge in [0, 0.05) is 28.5 Å². The summed E-state index contributed by atoms with van der Waals surface area (Å²) in [5, 5.41) is 6.86. The van der Waals surface area contributed by atoms with Crippen LogP contribution in [0.4, 0.5) is 11.4 Å². The Hall–Kier alpha value is -1.82. The van der Waals surface area contributed by atoms with E-state index in [0.29, 0.717) is 21.4 Å². The summed E-state index contributed by atoms with van der Waals surface area (Å²) >= 11 is 3.29. The van der Waals surface area contributed by atoms with Gasteiger partial charge in [-0.25, -0.2) is 0 Å². The van der Waals surface area contributed by atoms with E-state index in [1.165, 1.54) is 0 Å². The molecule has 0 aliphatic rings. The first-order valence-corrected chi connectivity index (χ1v) is 6.28. The maximum atomic E-state index is 12.0. The number of anilines is 2. The predicted octanol–water partition coefficient (Wildman–Crippen LogP) is 2.50. The molecule has 0 unspecified atom stereocenters.